The van der Waals surface area contributed by atoms with Crippen LogP contribution in [-0.2, 0) is 0 Å². The molecule has 3 nitrogen and oxygen atoms in total. The highest BCUT2D eigenvalue weighted by Gasteiger charge is 2.05. The largest absolute Gasteiger partial charge is 0.339 e. The predicted octanol–water partition coefficient (Wildman–Crippen LogP) is 4.14. The van der Waals surface area contributed by atoms with E-state index >= 15 is 0 Å². The van der Waals surface area contributed by atoms with Crippen LogP contribution in [0.4, 0.5) is 11.5 Å². The first-order chi connectivity index (χ1) is 8.06. The zero-order chi connectivity index (χ0) is 12.4. The lowest BCUT2D eigenvalue weighted by atomic mass is 10.1. The summed E-state index contributed by atoms with van der Waals surface area (Å²) < 4.78 is 0. The summed E-state index contributed by atoms with van der Waals surface area (Å²) in [6, 6.07) is 6.03. The molecule has 2 rings (SSSR count). The summed E-state index contributed by atoms with van der Waals surface area (Å²) in [5.74, 6) is 0.509. The summed E-state index contributed by atoms with van der Waals surface area (Å²) in [6.45, 7) is 4.11. The van der Waals surface area contributed by atoms with Crippen LogP contribution in [0.25, 0.3) is 0 Å². The number of anilines is 2. The molecule has 0 unspecified atom stereocenters. The van der Waals surface area contributed by atoms with Gasteiger partial charge in [0.1, 0.15) is 5.02 Å². The molecule has 0 saturated heterocycles. The standard InChI is InChI=1S/C12H11Cl2N3/c1-7-3-4-9(5-8(7)2)16-11-10(13)6-15-12(14)17-11/h3-6H,1-2H3,(H,15,16,17). The van der Waals surface area contributed by atoms with Crippen molar-refractivity contribution in [2.75, 3.05) is 5.32 Å². The summed E-state index contributed by atoms with van der Waals surface area (Å²) in [5, 5.41) is 3.72. The fraction of sp³-hybridized carbons (Fsp3) is 0.167. The number of halogens is 2. The van der Waals surface area contributed by atoms with Crippen LogP contribution < -0.4 is 5.32 Å². The molecule has 0 bridgehead atoms. The molecule has 0 aliphatic rings. The van der Waals surface area contributed by atoms with Gasteiger partial charge in [-0.3, -0.25) is 0 Å². The lowest BCUT2D eigenvalue weighted by Gasteiger charge is -2.09. The number of aromatic nitrogens is 2. The number of benzene rings is 1. The van der Waals surface area contributed by atoms with Gasteiger partial charge in [-0.25, -0.2) is 4.98 Å². The quantitative estimate of drug-likeness (QED) is 0.831. The first-order valence-electron chi connectivity index (χ1n) is 5.08. The molecule has 0 amide bonds. The minimum Gasteiger partial charge on any atom is -0.339 e. The summed E-state index contributed by atoms with van der Waals surface area (Å²) in [6.07, 6.45) is 1.47. The molecule has 17 heavy (non-hydrogen) atoms. The number of rotatable bonds is 2. The molecule has 1 aromatic carbocycles. The fourth-order valence-corrected chi connectivity index (χ4v) is 1.66. The van der Waals surface area contributed by atoms with Crippen molar-refractivity contribution in [1.29, 1.82) is 0 Å². The molecular formula is C12H11Cl2N3. The Balaban J connectivity index is 2.31. The van der Waals surface area contributed by atoms with Crippen LogP contribution in [0.2, 0.25) is 10.3 Å². The van der Waals surface area contributed by atoms with Crippen molar-refractivity contribution in [3.8, 4) is 0 Å². The van der Waals surface area contributed by atoms with Gasteiger partial charge in [0, 0.05) is 5.69 Å². The Morgan fingerprint density at radius 2 is 1.88 bits per heavy atom. The van der Waals surface area contributed by atoms with Gasteiger partial charge in [-0.15, -0.1) is 0 Å². The maximum Gasteiger partial charge on any atom is 0.224 e. The van der Waals surface area contributed by atoms with E-state index in [0.29, 0.717) is 10.8 Å². The summed E-state index contributed by atoms with van der Waals surface area (Å²) in [4.78, 5) is 7.83. The lowest BCUT2D eigenvalue weighted by Crippen LogP contribution is -1.97. The Morgan fingerprint density at radius 3 is 2.59 bits per heavy atom. The Kier molecular flexibility index (Phi) is 3.50. The van der Waals surface area contributed by atoms with Crippen molar-refractivity contribution in [3.05, 3.63) is 45.8 Å². The molecule has 1 aromatic heterocycles. The summed E-state index contributed by atoms with van der Waals surface area (Å²) in [7, 11) is 0. The van der Waals surface area contributed by atoms with Crippen molar-refractivity contribution < 1.29 is 0 Å². The van der Waals surface area contributed by atoms with E-state index in [4.69, 9.17) is 23.2 Å². The van der Waals surface area contributed by atoms with Gasteiger partial charge in [-0.05, 0) is 48.7 Å². The molecule has 0 saturated carbocycles. The Labute approximate surface area is 110 Å². The second-order valence-corrected chi connectivity index (χ2v) is 4.50. The van der Waals surface area contributed by atoms with Crippen LogP contribution in [-0.4, -0.2) is 9.97 Å². The molecule has 1 heterocycles. The number of aryl methyl sites for hydroxylation is 2. The molecule has 0 atom stereocenters. The highest BCUT2D eigenvalue weighted by atomic mass is 35.5. The predicted molar refractivity (Wildman–Crippen MR) is 71.3 cm³/mol. The van der Waals surface area contributed by atoms with E-state index in [0.717, 1.165) is 5.69 Å². The Hall–Kier alpha value is -1.32. The smallest absolute Gasteiger partial charge is 0.224 e. The highest BCUT2D eigenvalue weighted by molar-refractivity contribution is 6.33. The van der Waals surface area contributed by atoms with E-state index in [1.165, 1.54) is 17.3 Å². The molecule has 1 N–H and O–H groups in total. The van der Waals surface area contributed by atoms with E-state index < -0.39 is 0 Å². The molecule has 0 spiro atoms. The van der Waals surface area contributed by atoms with Gasteiger partial charge < -0.3 is 5.32 Å². The van der Waals surface area contributed by atoms with Crippen LogP contribution in [0.15, 0.2) is 24.4 Å². The summed E-state index contributed by atoms with van der Waals surface area (Å²) in [5.41, 5.74) is 3.36. The number of hydrogen-bond donors (Lipinski definition) is 1. The molecule has 0 aliphatic carbocycles. The third-order valence-electron chi connectivity index (χ3n) is 2.48. The molecule has 5 heteroatoms. The third-order valence-corrected chi connectivity index (χ3v) is 2.94. The molecule has 0 radical (unpaired) electrons. The maximum absolute atomic E-state index is 5.97. The van der Waals surface area contributed by atoms with E-state index in [1.54, 1.807) is 0 Å². The van der Waals surface area contributed by atoms with E-state index in [9.17, 15) is 0 Å². The second kappa shape index (κ2) is 4.90. The van der Waals surface area contributed by atoms with Crippen LogP contribution in [0.5, 0.6) is 0 Å². The van der Waals surface area contributed by atoms with Gasteiger partial charge in [0.15, 0.2) is 5.82 Å². The number of nitrogens with one attached hydrogen (secondary N) is 1. The Morgan fingerprint density at radius 1 is 1.12 bits per heavy atom. The minimum absolute atomic E-state index is 0.167. The summed E-state index contributed by atoms with van der Waals surface area (Å²) >= 11 is 11.7. The molecular weight excluding hydrogens is 257 g/mol. The first-order valence-corrected chi connectivity index (χ1v) is 5.84. The van der Waals surface area contributed by atoms with E-state index in [2.05, 4.69) is 29.1 Å². The molecule has 2 aromatic rings. The van der Waals surface area contributed by atoms with Crippen LogP contribution in [0.3, 0.4) is 0 Å². The zero-order valence-corrected chi connectivity index (χ0v) is 11.0. The van der Waals surface area contributed by atoms with Crippen LogP contribution in [0.1, 0.15) is 11.1 Å². The van der Waals surface area contributed by atoms with Crippen molar-refractivity contribution in [2.45, 2.75) is 13.8 Å². The molecule has 0 fully saturated rings. The number of nitrogens with zero attached hydrogens (tertiary/aromatic N) is 2. The van der Waals surface area contributed by atoms with Crippen molar-refractivity contribution in [1.82, 2.24) is 9.97 Å². The van der Waals surface area contributed by atoms with Gasteiger partial charge in [-0.2, -0.15) is 4.98 Å². The average Bonchev–Trinajstić information content (AvgIpc) is 2.29. The van der Waals surface area contributed by atoms with Crippen LogP contribution >= 0.6 is 23.2 Å². The van der Waals surface area contributed by atoms with Crippen molar-refractivity contribution in [3.63, 3.8) is 0 Å². The molecule has 88 valence electrons. The van der Waals surface area contributed by atoms with Crippen molar-refractivity contribution in [2.24, 2.45) is 0 Å². The van der Waals surface area contributed by atoms with E-state index in [1.807, 2.05) is 18.2 Å². The molecule has 0 aliphatic heterocycles. The lowest BCUT2D eigenvalue weighted by molar-refractivity contribution is 1.17. The first kappa shape index (κ1) is 12.1. The average molecular weight is 268 g/mol. The monoisotopic (exact) mass is 267 g/mol. The van der Waals surface area contributed by atoms with Gasteiger partial charge in [0.25, 0.3) is 0 Å². The van der Waals surface area contributed by atoms with Gasteiger partial charge in [0.2, 0.25) is 5.28 Å². The normalized spacial score (nSPS) is 10.4. The highest BCUT2D eigenvalue weighted by Crippen LogP contribution is 2.24. The third kappa shape index (κ3) is 2.87. The van der Waals surface area contributed by atoms with Crippen LogP contribution in [0, 0.1) is 13.8 Å². The Bertz CT molecular complexity index is 555. The minimum atomic E-state index is 0.167. The maximum atomic E-state index is 5.97. The second-order valence-electron chi connectivity index (χ2n) is 3.76. The fourth-order valence-electron chi connectivity index (χ4n) is 1.39. The van der Waals surface area contributed by atoms with Gasteiger partial charge in [-0.1, -0.05) is 17.7 Å². The SMILES string of the molecule is Cc1ccc(Nc2nc(Cl)ncc2Cl)cc1C. The van der Waals surface area contributed by atoms with E-state index in [-0.39, 0.29) is 5.28 Å². The topological polar surface area (TPSA) is 37.8 Å². The zero-order valence-electron chi connectivity index (χ0n) is 9.46. The van der Waals surface area contributed by atoms with Gasteiger partial charge in [0.05, 0.1) is 6.20 Å². The number of hydrogen-bond acceptors (Lipinski definition) is 3. The van der Waals surface area contributed by atoms with Gasteiger partial charge >= 0.3 is 0 Å². The van der Waals surface area contributed by atoms with Crippen molar-refractivity contribution >= 4 is 34.7 Å².